The maximum atomic E-state index is 11.2. The van der Waals surface area contributed by atoms with Gasteiger partial charge in [0.15, 0.2) is 0 Å². The lowest BCUT2D eigenvalue weighted by atomic mass is 10.2. The third-order valence-electron chi connectivity index (χ3n) is 2.88. The normalized spacial score (nSPS) is 12.7. The SMILES string of the molecule is CCC(c1nc(CCl)cs1)N(C)CCC(=O)NC. The molecule has 0 spiro atoms. The van der Waals surface area contributed by atoms with Crippen LogP contribution in [0.2, 0.25) is 0 Å². The zero-order chi connectivity index (χ0) is 13.5. The van der Waals surface area contributed by atoms with E-state index in [0.29, 0.717) is 12.3 Å². The number of hydrogen-bond acceptors (Lipinski definition) is 4. The fourth-order valence-electron chi connectivity index (χ4n) is 1.77. The van der Waals surface area contributed by atoms with Crippen LogP contribution in [-0.2, 0) is 10.7 Å². The Kier molecular flexibility index (Phi) is 6.60. The zero-order valence-corrected chi connectivity index (χ0v) is 12.6. The van der Waals surface area contributed by atoms with Crippen LogP contribution in [0.15, 0.2) is 5.38 Å². The monoisotopic (exact) mass is 289 g/mol. The second-order valence-corrected chi connectivity index (χ2v) is 5.30. The molecule has 0 aliphatic carbocycles. The Bertz CT molecular complexity index is 383. The van der Waals surface area contributed by atoms with Gasteiger partial charge in [-0.1, -0.05) is 6.92 Å². The van der Waals surface area contributed by atoms with Gasteiger partial charge in [-0.05, 0) is 13.5 Å². The number of hydrogen-bond donors (Lipinski definition) is 1. The van der Waals surface area contributed by atoms with Crippen LogP contribution in [0.3, 0.4) is 0 Å². The van der Waals surface area contributed by atoms with Crippen LogP contribution in [0.25, 0.3) is 0 Å². The van der Waals surface area contributed by atoms with Crippen molar-refractivity contribution in [2.45, 2.75) is 31.7 Å². The summed E-state index contributed by atoms with van der Waals surface area (Å²) in [5.74, 6) is 0.520. The highest BCUT2D eigenvalue weighted by atomic mass is 35.5. The average molecular weight is 290 g/mol. The van der Waals surface area contributed by atoms with Crippen molar-refractivity contribution in [2.75, 3.05) is 20.6 Å². The molecule has 1 aromatic heterocycles. The van der Waals surface area contributed by atoms with Crippen LogP contribution in [-0.4, -0.2) is 36.4 Å². The highest BCUT2D eigenvalue weighted by Crippen LogP contribution is 2.26. The van der Waals surface area contributed by atoms with Crippen LogP contribution >= 0.6 is 22.9 Å². The highest BCUT2D eigenvalue weighted by Gasteiger charge is 2.19. The van der Waals surface area contributed by atoms with Crippen LogP contribution in [0.5, 0.6) is 0 Å². The molecule has 1 unspecified atom stereocenters. The number of amides is 1. The van der Waals surface area contributed by atoms with E-state index in [4.69, 9.17) is 11.6 Å². The van der Waals surface area contributed by atoms with E-state index in [1.54, 1.807) is 18.4 Å². The molecule has 1 aromatic rings. The first kappa shape index (κ1) is 15.4. The van der Waals surface area contributed by atoms with Crippen molar-refractivity contribution in [3.8, 4) is 0 Å². The van der Waals surface area contributed by atoms with Crippen LogP contribution in [0.1, 0.15) is 36.5 Å². The van der Waals surface area contributed by atoms with Crippen molar-refractivity contribution in [2.24, 2.45) is 0 Å². The maximum Gasteiger partial charge on any atom is 0.221 e. The molecule has 0 bridgehead atoms. The predicted octanol–water partition coefficient (Wildman–Crippen LogP) is 2.40. The molecule has 0 fully saturated rings. The molecule has 1 amide bonds. The molecule has 0 saturated heterocycles. The molecule has 1 heterocycles. The van der Waals surface area contributed by atoms with Gasteiger partial charge in [-0.15, -0.1) is 22.9 Å². The number of alkyl halides is 1. The van der Waals surface area contributed by atoms with Crippen molar-refractivity contribution in [3.05, 3.63) is 16.1 Å². The molecule has 0 radical (unpaired) electrons. The number of carbonyl (C=O) groups excluding carboxylic acids is 1. The minimum Gasteiger partial charge on any atom is -0.359 e. The Labute approximate surface area is 117 Å². The second kappa shape index (κ2) is 7.71. The van der Waals surface area contributed by atoms with Gasteiger partial charge in [-0.25, -0.2) is 4.98 Å². The molecule has 4 nitrogen and oxygen atoms in total. The third kappa shape index (κ3) is 4.23. The Morgan fingerprint density at radius 1 is 1.67 bits per heavy atom. The fraction of sp³-hybridized carbons (Fsp3) is 0.667. The van der Waals surface area contributed by atoms with Gasteiger partial charge in [0.25, 0.3) is 0 Å². The van der Waals surface area contributed by atoms with E-state index >= 15 is 0 Å². The van der Waals surface area contributed by atoms with Crippen LogP contribution < -0.4 is 5.32 Å². The lowest BCUT2D eigenvalue weighted by Crippen LogP contribution is -2.29. The lowest BCUT2D eigenvalue weighted by molar-refractivity contribution is -0.121. The molecular weight excluding hydrogens is 270 g/mol. The van der Waals surface area contributed by atoms with Gasteiger partial charge in [-0.3, -0.25) is 9.69 Å². The summed E-state index contributed by atoms with van der Waals surface area (Å²) in [6.07, 6.45) is 1.48. The van der Waals surface area contributed by atoms with E-state index in [1.165, 1.54) is 0 Å². The maximum absolute atomic E-state index is 11.2. The number of nitrogens with zero attached hydrogens (tertiary/aromatic N) is 2. The Morgan fingerprint density at radius 2 is 2.39 bits per heavy atom. The van der Waals surface area contributed by atoms with E-state index in [9.17, 15) is 4.79 Å². The van der Waals surface area contributed by atoms with Gasteiger partial charge in [0, 0.05) is 25.4 Å². The number of halogens is 1. The first-order chi connectivity index (χ1) is 8.62. The number of nitrogens with one attached hydrogen (secondary N) is 1. The van der Waals surface area contributed by atoms with E-state index in [1.807, 2.05) is 12.4 Å². The standard InChI is InChI=1S/C12H20ClN3OS/c1-4-10(12-15-9(7-13)8-18-12)16(3)6-5-11(17)14-2/h8,10H,4-7H2,1-3H3,(H,14,17). The number of rotatable bonds is 7. The zero-order valence-electron chi connectivity index (χ0n) is 11.1. The summed E-state index contributed by atoms with van der Waals surface area (Å²) in [5, 5.41) is 5.71. The van der Waals surface area contributed by atoms with Crippen molar-refractivity contribution in [1.82, 2.24) is 15.2 Å². The number of aromatic nitrogens is 1. The topological polar surface area (TPSA) is 45.2 Å². The average Bonchev–Trinajstić information content (AvgIpc) is 2.85. The molecule has 6 heteroatoms. The molecular formula is C12H20ClN3OS. The van der Waals surface area contributed by atoms with Gasteiger partial charge >= 0.3 is 0 Å². The molecule has 0 saturated carbocycles. The molecule has 18 heavy (non-hydrogen) atoms. The molecule has 102 valence electrons. The van der Waals surface area contributed by atoms with Crippen molar-refractivity contribution >= 4 is 28.8 Å². The third-order valence-corrected chi connectivity index (χ3v) is 4.15. The molecule has 0 aromatic carbocycles. The lowest BCUT2D eigenvalue weighted by Gasteiger charge is -2.25. The van der Waals surface area contributed by atoms with Crippen LogP contribution in [0.4, 0.5) is 0 Å². The fourth-order valence-corrected chi connectivity index (χ4v) is 3.07. The van der Waals surface area contributed by atoms with E-state index in [-0.39, 0.29) is 11.9 Å². The van der Waals surface area contributed by atoms with Gasteiger partial charge in [0.1, 0.15) is 5.01 Å². The summed E-state index contributed by atoms with van der Waals surface area (Å²) >= 11 is 7.40. The minimum absolute atomic E-state index is 0.0669. The smallest absolute Gasteiger partial charge is 0.221 e. The molecule has 0 aliphatic rings. The highest BCUT2D eigenvalue weighted by molar-refractivity contribution is 7.09. The van der Waals surface area contributed by atoms with Gasteiger partial charge < -0.3 is 5.32 Å². The number of carbonyl (C=O) groups is 1. The Morgan fingerprint density at radius 3 is 2.89 bits per heavy atom. The minimum atomic E-state index is 0.0669. The first-order valence-electron chi connectivity index (χ1n) is 6.03. The second-order valence-electron chi connectivity index (χ2n) is 4.14. The van der Waals surface area contributed by atoms with E-state index < -0.39 is 0 Å². The molecule has 1 atom stereocenters. The van der Waals surface area contributed by atoms with Crippen molar-refractivity contribution < 1.29 is 4.79 Å². The summed E-state index contributed by atoms with van der Waals surface area (Å²) in [6, 6.07) is 0.261. The molecule has 1 rings (SSSR count). The van der Waals surface area contributed by atoms with Gasteiger partial charge in [0.2, 0.25) is 5.91 Å². The van der Waals surface area contributed by atoms with Crippen molar-refractivity contribution in [3.63, 3.8) is 0 Å². The van der Waals surface area contributed by atoms with Crippen molar-refractivity contribution in [1.29, 1.82) is 0 Å². The summed E-state index contributed by atoms with van der Waals surface area (Å²) in [5.41, 5.74) is 0.926. The Hall–Kier alpha value is -0.650. The summed E-state index contributed by atoms with van der Waals surface area (Å²) in [6.45, 7) is 2.86. The van der Waals surface area contributed by atoms with Gasteiger partial charge in [-0.2, -0.15) is 0 Å². The molecule has 1 N–H and O–H groups in total. The first-order valence-corrected chi connectivity index (χ1v) is 7.44. The van der Waals surface area contributed by atoms with Crippen LogP contribution in [0, 0.1) is 0 Å². The Balaban J connectivity index is 2.61. The van der Waals surface area contributed by atoms with E-state index in [0.717, 1.165) is 23.7 Å². The largest absolute Gasteiger partial charge is 0.359 e. The van der Waals surface area contributed by atoms with Gasteiger partial charge in [0.05, 0.1) is 17.6 Å². The summed E-state index contributed by atoms with van der Waals surface area (Å²) < 4.78 is 0. The number of thiazole rings is 1. The predicted molar refractivity (Wildman–Crippen MR) is 76.0 cm³/mol. The molecule has 0 aliphatic heterocycles. The summed E-state index contributed by atoms with van der Waals surface area (Å²) in [4.78, 5) is 17.9. The quantitative estimate of drug-likeness (QED) is 0.784. The van der Waals surface area contributed by atoms with E-state index in [2.05, 4.69) is 22.1 Å². The summed E-state index contributed by atoms with van der Waals surface area (Å²) in [7, 11) is 3.69.